The van der Waals surface area contributed by atoms with Gasteiger partial charge in [-0.1, -0.05) is 32.0 Å². The second-order valence-corrected chi connectivity index (χ2v) is 22.1. The summed E-state index contributed by atoms with van der Waals surface area (Å²) in [6.07, 6.45) is 1.96. The monoisotopic (exact) mass is 511 g/mol. The molecular formula is C30H31GeNS. The van der Waals surface area contributed by atoms with Crippen molar-refractivity contribution in [3.8, 4) is 21.7 Å². The zero-order chi connectivity index (χ0) is 23.3. The zero-order valence-corrected chi connectivity index (χ0v) is 23.3. The standard InChI is InChI=1S/C30H31GeNS/c1-19(2)27-17-23(16-21-9-7-8-10-26(21)27)29-30-22(13-14-32-29)18-28(33-30)25-12-11-24(15-20(25)3)31(4,5)6/h7-19H,1-6H3. The van der Waals surface area contributed by atoms with E-state index < -0.39 is 13.3 Å². The minimum absolute atomic E-state index is 0.460. The van der Waals surface area contributed by atoms with Crippen molar-refractivity contribution in [2.24, 2.45) is 0 Å². The molecule has 0 atom stereocenters. The molecule has 2 heterocycles. The molecule has 0 spiro atoms. The Morgan fingerprint density at radius 1 is 0.848 bits per heavy atom. The molecule has 1 nitrogen and oxygen atoms in total. The van der Waals surface area contributed by atoms with Crippen molar-refractivity contribution >= 4 is 49.9 Å². The molecule has 0 unspecified atom stereocenters. The number of fused-ring (bicyclic) bond motifs is 2. The average Bonchev–Trinajstić information content (AvgIpc) is 3.21. The molecular weight excluding hydrogens is 479 g/mol. The van der Waals surface area contributed by atoms with Crippen LogP contribution in [0, 0.1) is 6.92 Å². The van der Waals surface area contributed by atoms with Crippen molar-refractivity contribution in [3.63, 3.8) is 0 Å². The van der Waals surface area contributed by atoms with Crippen LogP contribution in [0.25, 0.3) is 42.6 Å². The Bertz CT molecular complexity index is 1490. The van der Waals surface area contributed by atoms with E-state index in [2.05, 4.69) is 105 Å². The first kappa shape index (κ1) is 22.4. The van der Waals surface area contributed by atoms with Crippen molar-refractivity contribution < 1.29 is 0 Å². The first-order chi connectivity index (χ1) is 15.7. The van der Waals surface area contributed by atoms with Crippen LogP contribution in [0.5, 0.6) is 0 Å². The predicted octanol–water partition coefficient (Wildman–Crippen LogP) is 8.76. The van der Waals surface area contributed by atoms with Crippen LogP contribution in [0.15, 0.2) is 72.9 Å². The molecule has 0 amide bonds. The summed E-state index contributed by atoms with van der Waals surface area (Å²) in [4.78, 5) is 6.21. The fourth-order valence-corrected chi connectivity index (χ4v) is 8.51. The van der Waals surface area contributed by atoms with E-state index >= 15 is 0 Å². The second kappa shape index (κ2) is 8.41. The molecule has 0 saturated heterocycles. The van der Waals surface area contributed by atoms with Crippen LogP contribution < -0.4 is 4.40 Å². The Morgan fingerprint density at radius 3 is 2.36 bits per heavy atom. The Morgan fingerprint density at radius 2 is 1.64 bits per heavy atom. The summed E-state index contributed by atoms with van der Waals surface area (Å²) in [6, 6.07) is 25.0. The quantitative estimate of drug-likeness (QED) is 0.220. The number of aromatic nitrogens is 1. The molecule has 0 aliphatic heterocycles. The third-order valence-corrected chi connectivity index (χ3v) is 12.1. The van der Waals surface area contributed by atoms with Gasteiger partial charge in [0.2, 0.25) is 0 Å². The van der Waals surface area contributed by atoms with Crippen molar-refractivity contribution in [2.45, 2.75) is 44.0 Å². The van der Waals surface area contributed by atoms with Gasteiger partial charge in [-0.25, -0.2) is 0 Å². The van der Waals surface area contributed by atoms with Crippen LogP contribution >= 0.6 is 11.3 Å². The Hall–Kier alpha value is -2.43. The molecule has 33 heavy (non-hydrogen) atoms. The van der Waals surface area contributed by atoms with Crippen LogP contribution in [-0.4, -0.2) is 18.3 Å². The molecule has 0 saturated carbocycles. The first-order valence-electron chi connectivity index (χ1n) is 11.8. The number of pyridine rings is 1. The van der Waals surface area contributed by atoms with Gasteiger partial charge in [0.25, 0.3) is 0 Å². The van der Waals surface area contributed by atoms with E-state index in [9.17, 15) is 0 Å². The topological polar surface area (TPSA) is 12.9 Å². The summed E-state index contributed by atoms with van der Waals surface area (Å²) >= 11 is 0.0382. The van der Waals surface area contributed by atoms with Gasteiger partial charge in [0.05, 0.1) is 0 Å². The summed E-state index contributed by atoms with van der Waals surface area (Å²) in [5, 5.41) is 3.90. The van der Waals surface area contributed by atoms with E-state index in [1.54, 1.807) is 4.40 Å². The van der Waals surface area contributed by atoms with Gasteiger partial charge >= 0.3 is 173 Å². The molecule has 0 N–H and O–H groups in total. The predicted molar refractivity (Wildman–Crippen MR) is 150 cm³/mol. The number of thiophene rings is 1. The molecule has 166 valence electrons. The van der Waals surface area contributed by atoms with Crippen molar-refractivity contribution in [3.05, 3.63) is 84.1 Å². The maximum atomic E-state index is 4.88. The van der Waals surface area contributed by atoms with Crippen molar-refractivity contribution in [1.82, 2.24) is 4.98 Å². The summed E-state index contributed by atoms with van der Waals surface area (Å²) in [5.41, 5.74) is 6.42. The third-order valence-electron chi connectivity index (χ3n) is 6.58. The average molecular weight is 510 g/mol. The molecule has 0 fully saturated rings. The maximum absolute atomic E-state index is 4.88. The first-order valence-corrected chi connectivity index (χ1v) is 19.9. The number of aryl methyl sites for hydroxylation is 1. The molecule has 3 aromatic carbocycles. The number of rotatable bonds is 4. The molecule has 5 rings (SSSR count). The van der Waals surface area contributed by atoms with Crippen LogP contribution in [0.1, 0.15) is 30.9 Å². The number of nitrogens with zero attached hydrogens (tertiary/aromatic N) is 1. The van der Waals surface area contributed by atoms with Gasteiger partial charge in [-0.3, -0.25) is 0 Å². The molecule has 2 aromatic heterocycles. The minimum atomic E-state index is -1.83. The van der Waals surface area contributed by atoms with E-state index in [4.69, 9.17) is 4.98 Å². The van der Waals surface area contributed by atoms with Gasteiger partial charge in [-0.05, 0) is 0 Å². The molecule has 0 bridgehead atoms. The Labute approximate surface area is 203 Å². The van der Waals surface area contributed by atoms with Gasteiger partial charge in [0.15, 0.2) is 0 Å². The fraction of sp³-hybridized carbons (Fsp3) is 0.233. The summed E-state index contributed by atoms with van der Waals surface area (Å²) in [7, 11) is 0. The summed E-state index contributed by atoms with van der Waals surface area (Å²) in [6.45, 7) is 6.81. The van der Waals surface area contributed by atoms with Gasteiger partial charge in [0, 0.05) is 0 Å². The van der Waals surface area contributed by atoms with Crippen LogP contribution in [0.4, 0.5) is 0 Å². The van der Waals surface area contributed by atoms with Crippen LogP contribution in [0.3, 0.4) is 0 Å². The van der Waals surface area contributed by atoms with E-state index in [1.165, 1.54) is 48.0 Å². The van der Waals surface area contributed by atoms with Crippen LogP contribution in [-0.2, 0) is 0 Å². The molecule has 0 aliphatic carbocycles. The fourth-order valence-electron chi connectivity index (χ4n) is 4.66. The van der Waals surface area contributed by atoms with Gasteiger partial charge in [-0.15, -0.1) is 0 Å². The van der Waals surface area contributed by atoms with E-state index in [1.807, 2.05) is 17.5 Å². The summed E-state index contributed by atoms with van der Waals surface area (Å²) in [5.74, 6) is 7.84. The van der Waals surface area contributed by atoms with Gasteiger partial charge < -0.3 is 0 Å². The number of hydrogen-bond acceptors (Lipinski definition) is 2. The number of benzene rings is 3. The second-order valence-electron chi connectivity index (χ2n) is 10.4. The Balaban J connectivity index is 1.67. The summed E-state index contributed by atoms with van der Waals surface area (Å²) < 4.78 is 2.84. The van der Waals surface area contributed by atoms with E-state index in [0.29, 0.717) is 5.92 Å². The number of hydrogen-bond donors (Lipinski definition) is 0. The van der Waals surface area contributed by atoms with Crippen molar-refractivity contribution in [1.29, 1.82) is 0 Å². The van der Waals surface area contributed by atoms with Gasteiger partial charge in [0.1, 0.15) is 0 Å². The third kappa shape index (κ3) is 4.15. The van der Waals surface area contributed by atoms with E-state index in [-0.39, 0.29) is 0 Å². The van der Waals surface area contributed by atoms with Gasteiger partial charge in [-0.2, -0.15) is 0 Å². The molecule has 0 radical (unpaired) electrons. The molecule has 5 aromatic rings. The normalized spacial score (nSPS) is 12.2. The van der Waals surface area contributed by atoms with Crippen molar-refractivity contribution in [2.75, 3.05) is 0 Å². The van der Waals surface area contributed by atoms with Crippen LogP contribution in [0.2, 0.25) is 17.3 Å². The SMILES string of the molecule is Cc1c[c]([Ge]([CH3])([CH3])[CH3])ccc1-c1cc2ccnc(-c3cc(C(C)C)c4ccccc4c3)c2s1. The van der Waals surface area contributed by atoms with E-state index in [0.717, 1.165) is 5.69 Å². The zero-order valence-electron chi connectivity index (χ0n) is 20.4. The molecule has 0 aliphatic rings. The molecule has 3 heteroatoms. The Kier molecular flexibility index (Phi) is 5.70.